The van der Waals surface area contributed by atoms with Gasteiger partial charge < -0.3 is 9.84 Å². The monoisotopic (exact) mass is 330 g/mol. The molecule has 128 valence electrons. The van der Waals surface area contributed by atoms with Gasteiger partial charge in [-0.1, -0.05) is 17.7 Å². The number of carbonyl (C=O) groups is 2. The number of hydrogen-bond acceptors (Lipinski definition) is 5. The van der Waals surface area contributed by atoms with E-state index in [2.05, 4.69) is 23.5 Å². The predicted molar refractivity (Wildman–Crippen MR) is 86.3 cm³/mol. The van der Waals surface area contributed by atoms with Gasteiger partial charge in [0.2, 0.25) is 0 Å². The molecule has 2 aliphatic carbocycles. The van der Waals surface area contributed by atoms with E-state index < -0.39 is 17.4 Å². The predicted octanol–water partition coefficient (Wildman–Crippen LogP) is 3.12. The Kier molecular flexibility index (Phi) is 5.93. The van der Waals surface area contributed by atoms with Crippen molar-refractivity contribution in [3.63, 3.8) is 0 Å². The number of carbonyl (C=O) groups excluding carboxylic acids is 1. The van der Waals surface area contributed by atoms with Crippen molar-refractivity contribution in [1.29, 1.82) is 10.5 Å². The molecule has 0 heterocycles. The van der Waals surface area contributed by atoms with Crippen LogP contribution in [0.1, 0.15) is 46.0 Å². The fourth-order valence-electron chi connectivity index (χ4n) is 2.88. The Morgan fingerprint density at radius 3 is 1.92 bits per heavy atom. The lowest BCUT2D eigenvalue weighted by Crippen LogP contribution is -2.29. The molecule has 0 radical (unpaired) electrons. The van der Waals surface area contributed by atoms with E-state index in [4.69, 9.17) is 15.6 Å². The number of rotatable bonds is 3. The minimum Gasteiger partial charge on any atom is -0.478 e. The number of nitriles is 2. The SMILES string of the molecule is C=C1CC(C)(C#N)C1.COC(=O)CC(C(=O)O)=C1CC(C)(C#N)C1. The number of nitrogens with zero attached hydrogens (tertiary/aromatic N) is 2. The maximum Gasteiger partial charge on any atom is 0.332 e. The van der Waals surface area contributed by atoms with Gasteiger partial charge in [-0.05, 0) is 39.5 Å². The number of esters is 1. The van der Waals surface area contributed by atoms with Crippen molar-refractivity contribution in [2.24, 2.45) is 10.8 Å². The van der Waals surface area contributed by atoms with Crippen LogP contribution in [0.25, 0.3) is 0 Å². The maximum absolute atomic E-state index is 11.0. The Morgan fingerprint density at radius 2 is 1.62 bits per heavy atom. The number of methoxy groups -OCH3 is 1. The molecule has 0 saturated heterocycles. The van der Waals surface area contributed by atoms with E-state index in [0.29, 0.717) is 18.4 Å². The summed E-state index contributed by atoms with van der Waals surface area (Å²) in [5.74, 6) is -1.68. The summed E-state index contributed by atoms with van der Waals surface area (Å²) in [6.07, 6.45) is 2.42. The summed E-state index contributed by atoms with van der Waals surface area (Å²) in [5.41, 5.74) is 1.42. The van der Waals surface area contributed by atoms with Gasteiger partial charge in [0.1, 0.15) is 0 Å². The van der Waals surface area contributed by atoms with Gasteiger partial charge in [-0.2, -0.15) is 10.5 Å². The lowest BCUT2D eigenvalue weighted by atomic mass is 9.66. The molecule has 0 aromatic heterocycles. The third-order valence-corrected chi connectivity index (χ3v) is 4.26. The Hall–Kier alpha value is -2.60. The molecule has 2 rings (SSSR count). The standard InChI is InChI=1S/C11H13NO4.C7H9N/c1-11(6-12)4-7(5-11)8(10(14)15)3-9(13)16-2;1-6-3-7(2,4-6)5-8/h3-5H2,1-2H3,(H,14,15);1,3-4H2,2H3. The molecule has 0 aromatic rings. The van der Waals surface area contributed by atoms with Gasteiger partial charge in [0.25, 0.3) is 0 Å². The van der Waals surface area contributed by atoms with Gasteiger partial charge >= 0.3 is 11.9 Å². The summed E-state index contributed by atoms with van der Waals surface area (Å²) in [6.45, 7) is 7.50. The minimum atomic E-state index is -1.11. The summed E-state index contributed by atoms with van der Waals surface area (Å²) >= 11 is 0. The van der Waals surface area contributed by atoms with Gasteiger partial charge in [0, 0.05) is 5.57 Å². The second kappa shape index (κ2) is 7.31. The molecule has 2 aliphatic rings. The van der Waals surface area contributed by atoms with E-state index in [1.54, 1.807) is 6.92 Å². The van der Waals surface area contributed by atoms with Crippen molar-refractivity contribution in [1.82, 2.24) is 0 Å². The van der Waals surface area contributed by atoms with E-state index in [9.17, 15) is 9.59 Å². The molecule has 0 amide bonds. The van der Waals surface area contributed by atoms with Gasteiger partial charge in [-0.25, -0.2) is 4.79 Å². The van der Waals surface area contributed by atoms with Crippen molar-refractivity contribution < 1.29 is 19.4 Å². The van der Waals surface area contributed by atoms with Crippen LogP contribution in [0, 0.1) is 33.5 Å². The first-order chi connectivity index (χ1) is 11.1. The fourth-order valence-corrected chi connectivity index (χ4v) is 2.88. The molecule has 2 fully saturated rings. The summed E-state index contributed by atoms with van der Waals surface area (Å²) in [4.78, 5) is 22.0. The second-order valence-electron chi connectivity index (χ2n) is 6.94. The van der Waals surface area contributed by atoms with Crippen LogP contribution in [-0.2, 0) is 14.3 Å². The third kappa shape index (κ3) is 4.70. The van der Waals surface area contributed by atoms with Crippen LogP contribution in [-0.4, -0.2) is 24.2 Å². The van der Waals surface area contributed by atoms with Crippen molar-refractivity contribution in [2.45, 2.75) is 46.0 Å². The highest BCUT2D eigenvalue weighted by atomic mass is 16.5. The first kappa shape index (κ1) is 19.4. The molecular weight excluding hydrogens is 308 g/mol. The highest BCUT2D eigenvalue weighted by molar-refractivity contribution is 5.93. The third-order valence-electron chi connectivity index (χ3n) is 4.26. The van der Waals surface area contributed by atoms with Crippen molar-refractivity contribution in [3.05, 3.63) is 23.3 Å². The zero-order valence-electron chi connectivity index (χ0n) is 14.3. The first-order valence-corrected chi connectivity index (χ1v) is 7.58. The van der Waals surface area contributed by atoms with Crippen LogP contribution in [0.3, 0.4) is 0 Å². The molecule has 0 unspecified atom stereocenters. The molecule has 0 atom stereocenters. The van der Waals surface area contributed by atoms with Crippen LogP contribution in [0.2, 0.25) is 0 Å². The number of ether oxygens (including phenoxy) is 1. The number of allylic oxidation sites excluding steroid dienone is 2. The molecule has 2 saturated carbocycles. The van der Waals surface area contributed by atoms with E-state index in [-0.39, 0.29) is 17.4 Å². The number of carboxylic acids is 1. The quantitative estimate of drug-likeness (QED) is 0.483. The van der Waals surface area contributed by atoms with Crippen LogP contribution < -0.4 is 0 Å². The molecule has 1 N–H and O–H groups in total. The van der Waals surface area contributed by atoms with Gasteiger partial charge in [-0.3, -0.25) is 4.79 Å². The lowest BCUT2D eigenvalue weighted by Gasteiger charge is -2.35. The number of hydrogen-bond donors (Lipinski definition) is 1. The number of aliphatic carboxylic acids is 1. The average molecular weight is 330 g/mol. The first-order valence-electron chi connectivity index (χ1n) is 7.58. The number of carboxylic acid groups (broad SMARTS) is 1. The fraction of sp³-hybridized carbons (Fsp3) is 0.556. The smallest absolute Gasteiger partial charge is 0.332 e. The molecule has 6 heteroatoms. The molecule has 0 spiro atoms. The summed E-state index contributed by atoms with van der Waals surface area (Å²) in [7, 11) is 1.21. The van der Waals surface area contributed by atoms with Crippen LogP contribution in [0.4, 0.5) is 0 Å². The second-order valence-corrected chi connectivity index (χ2v) is 6.94. The summed E-state index contributed by atoms with van der Waals surface area (Å²) < 4.78 is 4.43. The van der Waals surface area contributed by atoms with Gasteiger partial charge in [0.15, 0.2) is 0 Å². The highest BCUT2D eigenvalue weighted by Crippen LogP contribution is 2.46. The van der Waals surface area contributed by atoms with Gasteiger partial charge in [0.05, 0.1) is 36.5 Å². The van der Waals surface area contributed by atoms with E-state index >= 15 is 0 Å². The molecule has 0 aliphatic heterocycles. The van der Waals surface area contributed by atoms with Crippen LogP contribution >= 0.6 is 0 Å². The van der Waals surface area contributed by atoms with E-state index in [0.717, 1.165) is 12.8 Å². The zero-order valence-corrected chi connectivity index (χ0v) is 14.3. The molecule has 0 bridgehead atoms. The zero-order chi connectivity index (χ0) is 18.5. The van der Waals surface area contributed by atoms with Crippen molar-refractivity contribution in [3.8, 4) is 12.1 Å². The highest BCUT2D eigenvalue weighted by Gasteiger charge is 2.39. The molecular formula is C18H22N2O4. The maximum atomic E-state index is 11.0. The molecule has 6 nitrogen and oxygen atoms in total. The average Bonchev–Trinajstić information content (AvgIpc) is 2.48. The summed E-state index contributed by atoms with van der Waals surface area (Å²) in [6, 6.07) is 4.37. The topological polar surface area (TPSA) is 111 Å². The van der Waals surface area contributed by atoms with Gasteiger partial charge in [-0.15, -0.1) is 0 Å². The Balaban J connectivity index is 0.000000300. The normalized spacial score (nSPS) is 23.2. The molecule has 0 aromatic carbocycles. The van der Waals surface area contributed by atoms with E-state index in [1.807, 2.05) is 6.92 Å². The molecule has 24 heavy (non-hydrogen) atoms. The van der Waals surface area contributed by atoms with Crippen LogP contribution in [0.15, 0.2) is 23.3 Å². The lowest BCUT2D eigenvalue weighted by molar-refractivity contribution is -0.142. The van der Waals surface area contributed by atoms with Crippen LogP contribution in [0.5, 0.6) is 0 Å². The Morgan fingerprint density at radius 1 is 1.17 bits per heavy atom. The largest absolute Gasteiger partial charge is 0.478 e. The minimum absolute atomic E-state index is 0.0584. The van der Waals surface area contributed by atoms with Crippen molar-refractivity contribution >= 4 is 11.9 Å². The van der Waals surface area contributed by atoms with Crippen molar-refractivity contribution in [2.75, 3.05) is 7.11 Å². The Bertz CT molecular complexity index is 660. The summed E-state index contributed by atoms with van der Waals surface area (Å²) in [5, 5.41) is 26.2. The van der Waals surface area contributed by atoms with E-state index in [1.165, 1.54) is 12.7 Å². The Labute approximate surface area is 142 Å².